The van der Waals surface area contributed by atoms with Gasteiger partial charge in [-0.1, -0.05) is 15.9 Å². The highest BCUT2D eigenvalue weighted by atomic mass is 79.9. The fraction of sp³-hybridized carbons (Fsp3) is 0.357. The zero-order valence-electron chi connectivity index (χ0n) is 12.2. The SMILES string of the molecule is CN1CC(Br)=C(C(=O)O)N1CCNc1ccc(C(F)(F)F)cc1. The molecule has 0 unspecified atom stereocenters. The number of anilines is 1. The molecule has 0 radical (unpaired) electrons. The molecule has 1 aromatic rings. The standard InChI is InChI=1S/C14H15BrF3N3O2/c1-20-8-11(15)12(13(22)23)21(20)7-6-19-10-4-2-9(3-5-10)14(16,17)18/h2-5,19H,6-8H2,1H3,(H,22,23). The van der Waals surface area contributed by atoms with E-state index in [9.17, 15) is 23.1 Å². The van der Waals surface area contributed by atoms with Crippen molar-refractivity contribution >= 4 is 27.6 Å². The van der Waals surface area contributed by atoms with Crippen LogP contribution in [-0.4, -0.2) is 47.8 Å². The minimum absolute atomic E-state index is 0.168. The highest BCUT2D eigenvalue weighted by Gasteiger charge is 2.31. The Bertz CT molecular complexity index is 617. The van der Waals surface area contributed by atoms with E-state index in [4.69, 9.17) is 0 Å². The molecule has 1 aliphatic rings. The van der Waals surface area contributed by atoms with Gasteiger partial charge in [0, 0.05) is 23.8 Å². The van der Waals surface area contributed by atoms with Crippen LogP contribution in [0.5, 0.6) is 0 Å². The van der Waals surface area contributed by atoms with Crippen molar-refractivity contribution in [2.45, 2.75) is 6.18 Å². The lowest BCUT2D eigenvalue weighted by atomic mass is 10.2. The monoisotopic (exact) mass is 393 g/mol. The highest BCUT2D eigenvalue weighted by Crippen LogP contribution is 2.30. The number of hydrogen-bond donors (Lipinski definition) is 2. The van der Waals surface area contributed by atoms with E-state index in [-0.39, 0.29) is 5.70 Å². The van der Waals surface area contributed by atoms with Gasteiger partial charge in [-0.15, -0.1) is 0 Å². The Kier molecular flexibility index (Phi) is 5.20. The lowest BCUT2D eigenvalue weighted by Crippen LogP contribution is -2.39. The molecule has 1 heterocycles. The van der Waals surface area contributed by atoms with Crippen molar-refractivity contribution in [3.05, 3.63) is 40.0 Å². The average Bonchev–Trinajstić information content (AvgIpc) is 2.73. The molecule has 1 aliphatic heterocycles. The van der Waals surface area contributed by atoms with Gasteiger partial charge in [0.2, 0.25) is 0 Å². The van der Waals surface area contributed by atoms with E-state index >= 15 is 0 Å². The van der Waals surface area contributed by atoms with Crippen molar-refractivity contribution in [3.8, 4) is 0 Å². The van der Waals surface area contributed by atoms with Crippen LogP contribution in [0.2, 0.25) is 0 Å². The summed E-state index contributed by atoms with van der Waals surface area (Å²) in [7, 11) is 1.76. The van der Waals surface area contributed by atoms with Crippen LogP contribution in [0.3, 0.4) is 0 Å². The van der Waals surface area contributed by atoms with Crippen molar-refractivity contribution in [1.29, 1.82) is 0 Å². The van der Waals surface area contributed by atoms with Gasteiger partial charge >= 0.3 is 12.1 Å². The Labute approximate surface area is 139 Å². The van der Waals surface area contributed by atoms with E-state index in [2.05, 4.69) is 21.2 Å². The van der Waals surface area contributed by atoms with Crippen LogP contribution < -0.4 is 5.32 Å². The van der Waals surface area contributed by atoms with Crippen LogP contribution in [0, 0.1) is 0 Å². The van der Waals surface area contributed by atoms with Crippen LogP contribution in [0.4, 0.5) is 18.9 Å². The molecule has 0 spiro atoms. The predicted octanol–water partition coefficient (Wildman–Crippen LogP) is 2.97. The van der Waals surface area contributed by atoms with Gasteiger partial charge in [0.15, 0.2) is 0 Å². The summed E-state index contributed by atoms with van der Waals surface area (Å²) in [6.07, 6.45) is -4.36. The van der Waals surface area contributed by atoms with E-state index < -0.39 is 17.7 Å². The summed E-state index contributed by atoms with van der Waals surface area (Å²) in [6.45, 7) is 1.21. The minimum Gasteiger partial charge on any atom is -0.477 e. The number of carbonyl (C=O) groups is 1. The minimum atomic E-state index is -4.36. The molecular formula is C14H15BrF3N3O2. The van der Waals surface area contributed by atoms with Crippen molar-refractivity contribution in [3.63, 3.8) is 0 Å². The number of rotatable bonds is 5. The van der Waals surface area contributed by atoms with Crippen LogP contribution in [0.1, 0.15) is 5.56 Å². The van der Waals surface area contributed by atoms with Crippen LogP contribution in [0.15, 0.2) is 34.4 Å². The van der Waals surface area contributed by atoms with E-state index in [0.29, 0.717) is 29.8 Å². The molecule has 0 bridgehead atoms. The Morgan fingerprint density at radius 1 is 1.35 bits per heavy atom. The maximum atomic E-state index is 12.5. The second-order valence-electron chi connectivity index (χ2n) is 5.00. The lowest BCUT2D eigenvalue weighted by Gasteiger charge is -2.27. The number of halogens is 4. The molecule has 0 aliphatic carbocycles. The topological polar surface area (TPSA) is 55.8 Å². The zero-order chi connectivity index (χ0) is 17.2. The fourth-order valence-corrected chi connectivity index (χ4v) is 3.00. The molecule has 1 aromatic carbocycles. The first-order valence-electron chi connectivity index (χ1n) is 6.72. The Morgan fingerprint density at radius 3 is 2.48 bits per heavy atom. The first-order valence-corrected chi connectivity index (χ1v) is 7.51. The number of hydrogen-bond acceptors (Lipinski definition) is 4. The van der Waals surface area contributed by atoms with E-state index in [1.54, 1.807) is 17.1 Å². The summed E-state index contributed by atoms with van der Waals surface area (Å²) in [5.74, 6) is -1.03. The van der Waals surface area contributed by atoms with Gasteiger partial charge in [0.1, 0.15) is 5.70 Å². The predicted molar refractivity (Wildman–Crippen MR) is 82.9 cm³/mol. The van der Waals surface area contributed by atoms with Gasteiger partial charge in [-0.2, -0.15) is 13.2 Å². The molecule has 5 nitrogen and oxygen atoms in total. The normalized spacial score (nSPS) is 16.1. The molecule has 23 heavy (non-hydrogen) atoms. The van der Waals surface area contributed by atoms with Gasteiger partial charge < -0.3 is 10.4 Å². The molecule has 0 amide bonds. The number of likely N-dealkylation sites (N-methyl/N-ethyl adjacent to an activating group) is 1. The third kappa shape index (κ3) is 4.17. The molecule has 0 fully saturated rings. The summed E-state index contributed by atoms with van der Waals surface area (Å²) in [4.78, 5) is 11.2. The molecule has 0 atom stereocenters. The lowest BCUT2D eigenvalue weighted by molar-refractivity contribution is -0.138. The molecule has 2 rings (SSSR count). The van der Waals surface area contributed by atoms with E-state index in [0.717, 1.165) is 12.1 Å². The van der Waals surface area contributed by atoms with Gasteiger partial charge in [0.25, 0.3) is 0 Å². The second-order valence-corrected chi connectivity index (χ2v) is 5.96. The second kappa shape index (κ2) is 6.79. The zero-order valence-corrected chi connectivity index (χ0v) is 13.8. The van der Waals surface area contributed by atoms with Gasteiger partial charge in [-0.3, -0.25) is 5.01 Å². The Hall–Kier alpha value is -1.74. The highest BCUT2D eigenvalue weighted by molar-refractivity contribution is 9.11. The number of nitrogens with one attached hydrogen (secondary N) is 1. The number of carboxylic acid groups (broad SMARTS) is 1. The van der Waals surface area contributed by atoms with Crippen molar-refractivity contribution in [2.75, 3.05) is 32.0 Å². The van der Waals surface area contributed by atoms with Gasteiger partial charge in [0.05, 0.1) is 18.7 Å². The largest absolute Gasteiger partial charge is 0.477 e. The van der Waals surface area contributed by atoms with Crippen LogP contribution in [0.25, 0.3) is 0 Å². The molecule has 9 heteroatoms. The summed E-state index contributed by atoms with van der Waals surface area (Å²) < 4.78 is 38.0. The summed E-state index contributed by atoms with van der Waals surface area (Å²) in [5, 5.41) is 15.5. The first-order chi connectivity index (χ1) is 10.7. The molecule has 126 valence electrons. The number of aliphatic carboxylic acids is 1. The average molecular weight is 394 g/mol. The number of benzene rings is 1. The van der Waals surface area contributed by atoms with Crippen molar-refractivity contribution in [2.24, 2.45) is 0 Å². The van der Waals surface area contributed by atoms with Gasteiger partial charge in [-0.05, 0) is 24.3 Å². The summed E-state index contributed by atoms with van der Waals surface area (Å²) >= 11 is 3.24. The molecule has 0 aromatic heterocycles. The number of hydrazine groups is 1. The number of carboxylic acids is 1. The molecule has 0 saturated carbocycles. The first kappa shape index (κ1) is 17.6. The van der Waals surface area contributed by atoms with E-state index in [1.807, 2.05) is 0 Å². The van der Waals surface area contributed by atoms with Crippen LogP contribution in [-0.2, 0) is 11.0 Å². The Balaban J connectivity index is 1.93. The third-order valence-corrected chi connectivity index (χ3v) is 3.99. The molecule has 2 N–H and O–H groups in total. The molecule has 0 saturated heterocycles. The van der Waals surface area contributed by atoms with Crippen molar-refractivity contribution in [1.82, 2.24) is 10.0 Å². The molecular weight excluding hydrogens is 379 g/mol. The smallest absolute Gasteiger partial charge is 0.416 e. The van der Waals surface area contributed by atoms with E-state index in [1.165, 1.54) is 12.1 Å². The maximum Gasteiger partial charge on any atom is 0.416 e. The number of alkyl halides is 3. The van der Waals surface area contributed by atoms with Crippen molar-refractivity contribution < 1.29 is 23.1 Å². The fourth-order valence-electron chi connectivity index (χ4n) is 2.26. The summed E-state index contributed by atoms with van der Waals surface area (Å²) in [5.41, 5.74) is 0.00356. The Morgan fingerprint density at radius 2 is 1.96 bits per heavy atom. The quantitative estimate of drug-likeness (QED) is 0.805. The van der Waals surface area contributed by atoms with Gasteiger partial charge in [-0.25, -0.2) is 9.80 Å². The van der Waals surface area contributed by atoms with Crippen LogP contribution >= 0.6 is 15.9 Å². The third-order valence-electron chi connectivity index (χ3n) is 3.36. The number of nitrogens with zero attached hydrogens (tertiary/aromatic N) is 2. The summed E-state index contributed by atoms with van der Waals surface area (Å²) in [6, 6.07) is 4.70. The maximum absolute atomic E-state index is 12.5.